The van der Waals surface area contributed by atoms with E-state index in [1.165, 1.54) is 0 Å². The molecule has 1 fully saturated rings. The average molecular weight is 411 g/mol. The zero-order valence-electron chi connectivity index (χ0n) is 17.5. The van der Waals surface area contributed by atoms with Crippen molar-refractivity contribution in [3.8, 4) is 22.8 Å². The van der Waals surface area contributed by atoms with Crippen LogP contribution in [0.15, 0.2) is 24.3 Å². The van der Waals surface area contributed by atoms with Crippen LogP contribution in [0.25, 0.3) is 16.9 Å². The first kappa shape index (κ1) is 19.8. The lowest BCUT2D eigenvalue weighted by Crippen LogP contribution is -2.27. The minimum atomic E-state index is -0.745. The highest BCUT2D eigenvalue weighted by molar-refractivity contribution is 5.77. The lowest BCUT2D eigenvalue weighted by atomic mass is 10.1. The van der Waals surface area contributed by atoms with Gasteiger partial charge in [-0.2, -0.15) is 5.10 Å². The Morgan fingerprint density at radius 2 is 1.93 bits per heavy atom. The van der Waals surface area contributed by atoms with Crippen LogP contribution in [0.5, 0.6) is 11.5 Å². The average Bonchev–Trinajstić information content (AvgIpc) is 3.30. The van der Waals surface area contributed by atoms with E-state index in [4.69, 9.17) is 30.0 Å². The maximum Gasteiger partial charge on any atom is 0.404 e. The molecule has 3 heterocycles. The largest absolute Gasteiger partial charge is 0.493 e. The van der Waals surface area contributed by atoms with E-state index in [0.29, 0.717) is 18.0 Å². The molecule has 0 saturated carbocycles. The van der Waals surface area contributed by atoms with E-state index in [1.54, 1.807) is 14.2 Å². The van der Waals surface area contributed by atoms with E-state index in [1.807, 2.05) is 42.6 Å². The third-order valence-electron chi connectivity index (χ3n) is 5.29. The van der Waals surface area contributed by atoms with Crippen LogP contribution in [0.4, 0.5) is 10.5 Å². The van der Waals surface area contributed by atoms with Crippen LogP contribution in [0.3, 0.4) is 0 Å². The number of hydrogen-bond acceptors (Lipinski definition) is 7. The Morgan fingerprint density at radius 1 is 1.17 bits per heavy atom. The lowest BCUT2D eigenvalue weighted by molar-refractivity contribution is 0.117. The van der Waals surface area contributed by atoms with Gasteiger partial charge in [0.25, 0.3) is 0 Å². The van der Waals surface area contributed by atoms with Crippen LogP contribution in [-0.4, -0.2) is 54.1 Å². The van der Waals surface area contributed by atoms with E-state index >= 15 is 0 Å². The fourth-order valence-corrected chi connectivity index (χ4v) is 3.99. The van der Waals surface area contributed by atoms with Gasteiger partial charge in [-0.1, -0.05) is 0 Å². The predicted molar refractivity (Wildman–Crippen MR) is 112 cm³/mol. The Labute approximate surface area is 174 Å². The summed E-state index contributed by atoms with van der Waals surface area (Å²) >= 11 is 0. The summed E-state index contributed by atoms with van der Waals surface area (Å²) in [6.07, 6.45) is -0.249. The SMILES string of the molecule is COc1ccc(-c2c(C)nc3c(N4CCC(OC(N)=O)C4)cc(C)nn23)cc1OC. The number of rotatable bonds is 5. The van der Waals surface area contributed by atoms with Gasteiger partial charge in [-0.15, -0.1) is 0 Å². The van der Waals surface area contributed by atoms with Gasteiger partial charge in [-0.25, -0.2) is 14.3 Å². The summed E-state index contributed by atoms with van der Waals surface area (Å²) in [6, 6.07) is 7.77. The van der Waals surface area contributed by atoms with Gasteiger partial charge in [-0.05, 0) is 38.1 Å². The fraction of sp³-hybridized carbons (Fsp3) is 0.381. The Kier molecular flexibility index (Phi) is 5.11. The van der Waals surface area contributed by atoms with Crippen molar-refractivity contribution in [2.45, 2.75) is 26.4 Å². The van der Waals surface area contributed by atoms with Crippen molar-refractivity contribution in [3.63, 3.8) is 0 Å². The summed E-state index contributed by atoms with van der Waals surface area (Å²) < 4.78 is 17.9. The summed E-state index contributed by atoms with van der Waals surface area (Å²) in [4.78, 5) is 18.1. The zero-order valence-corrected chi connectivity index (χ0v) is 17.5. The normalized spacial score (nSPS) is 16.1. The molecular formula is C21H25N5O4. The van der Waals surface area contributed by atoms with Gasteiger partial charge in [0, 0.05) is 18.5 Å². The third kappa shape index (κ3) is 3.47. The number of benzene rings is 1. The second-order valence-corrected chi connectivity index (χ2v) is 7.32. The molecule has 1 aliphatic heterocycles. The molecule has 30 heavy (non-hydrogen) atoms. The number of carbonyl (C=O) groups is 1. The molecule has 0 spiro atoms. The summed E-state index contributed by atoms with van der Waals surface area (Å²) in [5, 5.41) is 4.72. The van der Waals surface area contributed by atoms with Crippen molar-refractivity contribution in [3.05, 3.63) is 35.7 Å². The van der Waals surface area contributed by atoms with E-state index in [9.17, 15) is 4.79 Å². The van der Waals surface area contributed by atoms with E-state index in [2.05, 4.69) is 4.90 Å². The van der Waals surface area contributed by atoms with Crippen molar-refractivity contribution in [1.29, 1.82) is 0 Å². The van der Waals surface area contributed by atoms with Gasteiger partial charge in [0.1, 0.15) is 6.10 Å². The number of nitrogens with two attached hydrogens (primary N) is 1. The number of primary amides is 1. The van der Waals surface area contributed by atoms with E-state index in [-0.39, 0.29) is 6.10 Å². The number of aromatic nitrogens is 3. The number of amides is 1. The molecule has 9 nitrogen and oxygen atoms in total. The number of nitrogens with zero attached hydrogens (tertiary/aromatic N) is 4. The minimum absolute atomic E-state index is 0.225. The molecule has 1 unspecified atom stereocenters. The molecule has 2 aromatic heterocycles. The summed E-state index contributed by atoms with van der Waals surface area (Å²) in [7, 11) is 3.22. The van der Waals surface area contributed by atoms with Crippen molar-refractivity contribution in [2.75, 3.05) is 32.2 Å². The number of ether oxygens (including phenoxy) is 3. The second kappa shape index (κ2) is 7.74. The minimum Gasteiger partial charge on any atom is -0.493 e. The number of anilines is 1. The molecule has 9 heteroatoms. The van der Waals surface area contributed by atoms with Crippen LogP contribution < -0.4 is 20.1 Å². The monoisotopic (exact) mass is 411 g/mol. The second-order valence-electron chi connectivity index (χ2n) is 7.32. The number of fused-ring (bicyclic) bond motifs is 1. The van der Waals surface area contributed by atoms with Crippen LogP contribution in [0, 0.1) is 13.8 Å². The summed E-state index contributed by atoms with van der Waals surface area (Å²) in [6.45, 7) is 5.22. The Bertz CT molecular complexity index is 1110. The van der Waals surface area contributed by atoms with Crippen molar-refractivity contribution in [1.82, 2.24) is 14.6 Å². The molecule has 1 saturated heterocycles. The Hall–Kier alpha value is -3.49. The predicted octanol–water partition coefficient (Wildman–Crippen LogP) is 2.70. The number of hydrogen-bond donors (Lipinski definition) is 1. The van der Waals surface area contributed by atoms with Gasteiger partial charge in [0.2, 0.25) is 0 Å². The molecule has 158 valence electrons. The molecule has 0 aliphatic carbocycles. The number of aryl methyl sites for hydroxylation is 2. The fourth-order valence-electron chi connectivity index (χ4n) is 3.99. The maximum atomic E-state index is 11.1. The van der Waals surface area contributed by atoms with Crippen molar-refractivity contribution < 1.29 is 19.0 Å². The van der Waals surface area contributed by atoms with E-state index < -0.39 is 6.09 Å². The van der Waals surface area contributed by atoms with Gasteiger partial charge in [0.15, 0.2) is 17.1 Å². The Morgan fingerprint density at radius 3 is 2.63 bits per heavy atom. The molecule has 4 rings (SSSR count). The first-order valence-corrected chi connectivity index (χ1v) is 9.71. The summed E-state index contributed by atoms with van der Waals surface area (Å²) in [5.74, 6) is 1.30. The molecule has 1 aliphatic rings. The molecule has 0 bridgehead atoms. The van der Waals surface area contributed by atoms with Crippen LogP contribution in [0.1, 0.15) is 17.8 Å². The quantitative estimate of drug-likeness (QED) is 0.688. The van der Waals surface area contributed by atoms with Crippen molar-refractivity contribution in [2.24, 2.45) is 5.73 Å². The van der Waals surface area contributed by atoms with Gasteiger partial charge in [0.05, 0.1) is 43.5 Å². The lowest BCUT2D eigenvalue weighted by Gasteiger charge is -2.19. The van der Waals surface area contributed by atoms with Gasteiger partial charge in [-0.3, -0.25) is 0 Å². The first-order valence-electron chi connectivity index (χ1n) is 9.71. The number of imidazole rings is 1. The smallest absolute Gasteiger partial charge is 0.404 e. The molecule has 1 amide bonds. The molecule has 2 N–H and O–H groups in total. The highest BCUT2D eigenvalue weighted by atomic mass is 16.6. The molecule has 1 atom stereocenters. The van der Waals surface area contributed by atoms with Crippen LogP contribution in [-0.2, 0) is 4.74 Å². The van der Waals surface area contributed by atoms with Gasteiger partial charge >= 0.3 is 6.09 Å². The zero-order chi connectivity index (χ0) is 21.4. The third-order valence-corrected chi connectivity index (χ3v) is 5.29. The highest BCUT2D eigenvalue weighted by Gasteiger charge is 2.28. The van der Waals surface area contributed by atoms with E-state index in [0.717, 1.165) is 46.9 Å². The van der Waals surface area contributed by atoms with Crippen LogP contribution >= 0.6 is 0 Å². The van der Waals surface area contributed by atoms with Crippen molar-refractivity contribution >= 4 is 17.4 Å². The molecular weight excluding hydrogens is 386 g/mol. The summed E-state index contributed by atoms with van der Waals surface area (Å²) in [5.41, 5.74) is 10.4. The highest BCUT2D eigenvalue weighted by Crippen LogP contribution is 2.35. The number of methoxy groups -OCH3 is 2. The topological polar surface area (TPSA) is 104 Å². The molecule has 0 radical (unpaired) electrons. The molecule has 3 aromatic rings. The standard InChI is InChI=1S/C21H25N5O4/c1-12-9-16(25-8-7-15(11-25)30-21(22)27)20-23-13(2)19(26(20)24-12)14-5-6-17(28-3)18(10-14)29-4/h5-6,9-10,15H,7-8,11H2,1-4H3,(H2,22,27). The van der Waals surface area contributed by atoms with Crippen LogP contribution in [0.2, 0.25) is 0 Å². The molecule has 1 aromatic carbocycles. The number of carbonyl (C=O) groups excluding carboxylic acids is 1. The maximum absolute atomic E-state index is 11.1. The Balaban J connectivity index is 1.79. The van der Waals surface area contributed by atoms with Gasteiger partial charge < -0.3 is 24.8 Å². The first-order chi connectivity index (χ1) is 14.4.